The van der Waals surface area contributed by atoms with Crippen LogP contribution in [0.1, 0.15) is 11.1 Å². The van der Waals surface area contributed by atoms with Gasteiger partial charge in [0.05, 0.1) is 5.39 Å². The first kappa shape index (κ1) is 15.0. The molecule has 4 rings (SSSR count). The molecule has 3 nitrogen and oxygen atoms in total. The van der Waals surface area contributed by atoms with Gasteiger partial charge in [-0.1, -0.05) is 54.1 Å². The number of aryl methyl sites for hydroxylation is 1. The highest BCUT2D eigenvalue weighted by molar-refractivity contribution is 7.98. The summed E-state index contributed by atoms with van der Waals surface area (Å²) in [6.07, 6.45) is 3.52. The number of hydrogen-bond acceptors (Lipinski definition) is 3. The number of H-pyrrole nitrogens is 1. The minimum atomic E-state index is 0.891. The highest BCUT2D eigenvalue weighted by Gasteiger charge is 2.05. The molecule has 0 spiro atoms. The van der Waals surface area contributed by atoms with Gasteiger partial charge in [-0.3, -0.25) is 0 Å². The molecular formula is C20H17N3S. The van der Waals surface area contributed by atoms with Crippen LogP contribution in [-0.2, 0) is 5.75 Å². The highest BCUT2D eigenvalue weighted by atomic mass is 32.2. The second-order valence-corrected chi connectivity index (χ2v) is 6.73. The monoisotopic (exact) mass is 331 g/mol. The highest BCUT2D eigenvalue weighted by Crippen LogP contribution is 2.28. The van der Waals surface area contributed by atoms with Crippen molar-refractivity contribution in [2.75, 3.05) is 0 Å². The molecule has 0 saturated heterocycles. The Morgan fingerprint density at radius 1 is 0.875 bits per heavy atom. The van der Waals surface area contributed by atoms with Gasteiger partial charge in [0.15, 0.2) is 0 Å². The number of aromatic amines is 1. The van der Waals surface area contributed by atoms with Gasteiger partial charge < -0.3 is 4.98 Å². The first-order valence-electron chi connectivity index (χ1n) is 7.86. The second kappa shape index (κ2) is 6.49. The van der Waals surface area contributed by atoms with Crippen molar-refractivity contribution in [1.82, 2.24) is 15.0 Å². The van der Waals surface area contributed by atoms with Crippen molar-refractivity contribution >= 4 is 22.8 Å². The lowest BCUT2D eigenvalue weighted by Gasteiger charge is -2.05. The maximum atomic E-state index is 4.40. The van der Waals surface area contributed by atoms with Crippen LogP contribution in [0, 0.1) is 6.92 Å². The Kier molecular flexibility index (Phi) is 4.05. The van der Waals surface area contributed by atoms with E-state index < -0.39 is 0 Å². The summed E-state index contributed by atoms with van der Waals surface area (Å²) >= 11 is 1.74. The average molecular weight is 331 g/mol. The SMILES string of the molecule is Cc1ccc(-c2ccc(CSc3ncnc4[nH]ccc34)cc2)cc1. The lowest BCUT2D eigenvalue weighted by atomic mass is 10.0. The molecule has 0 saturated carbocycles. The number of aromatic nitrogens is 3. The molecule has 1 N–H and O–H groups in total. The van der Waals surface area contributed by atoms with E-state index in [4.69, 9.17) is 0 Å². The van der Waals surface area contributed by atoms with Crippen LogP contribution < -0.4 is 0 Å². The average Bonchev–Trinajstić information content (AvgIpc) is 3.10. The largest absolute Gasteiger partial charge is 0.346 e. The van der Waals surface area contributed by atoms with E-state index in [1.807, 2.05) is 12.3 Å². The van der Waals surface area contributed by atoms with Gasteiger partial charge in [-0.05, 0) is 29.7 Å². The van der Waals surface area contributed by atoms with Gasteiger partial charge in [-0.15, -0.1) is 11.8 Å². The van der Waals surface area contributed by atoms with E-state index in [1.54, 1.807) is 18.1 Å². The van der Waals surface area contributed by atoms with Crippen molar-refractivity contribution < 1.29 is 0 Å². The van der Waals surface area contributed by atoms with E-state index in [-0.39, 0.29) is 0 Å². The molecule has 0 unspecified atom stereocenters. The smallest absolute Gasteiger partial charge is 0.141 e. The molecule has 0 bridgehead atoms. The van der Waals surface area contributed by atoms with E-state index in [0.29, 0.717) is 0 Å². The van der Waals surface area contributed by atoms with Crippen molar-refractivity contribution in [3.63, 3.8) is 0 Å². The summed E-state index contributed by atoms with van der Waals surface area (Å²) in [5, 5.41) is 2.10. The quantitative estimate of drug-likeness (QED) is 0.411. The van der Waals surface area contributed by atoms with Crippen molar-refractivity contribution in [1.29, 1.82) is 0 Å². The van der Waals surface area contributed by atoms with E-state index in [0.717, 1.165) is 21.8 Å². The third-order valence-electron chi connectivity index (χ3n) is 4.03. The first-order valence-corrected chi connectivity index (χ1v) is 8.85. The molecule has 0 atom stereocenters. The molecule has 2 aromatic heterocycles. The van der Waals surface area contributed by atoms with Gasteiger partial charge in [-0.2, -0.15) is 0 Å². The summed E-state index contributed by atoms with van der Waals surface area (Å²) < 4.78 is 0. The molecule has 0 aliphatic heterocycles. The van der Waals surface area contributed by atoms with Crippen molar-refractivity contribution in [2.45, 2.75) is 17.7 Å². The Balaban J connectivity index is 1.49. The minimum absolute atomic E-state index is 0.891. The van der Waals surface area contributed by atoms with Crippen LogP contribution >= 0.6 is 11.8 Å². The third kappa shape index (κ3) is 3.05. The summed E-state index contributed by atoms with van der Waals surface area (Å²) in [5.41, 5.74) is 5.97. The maximum Gasteiger partial charge on any atom is 0.141 e. The van der Waals surface area contributed by atoms with Crippen LogP contribution in [0.3, 0.4) is 0 Å². The first-order chi connectivity index (χ1) is 11.8. The zero-order valence-electron chi connectivity index (χ0n) is 13.4. The Hall–Kier alpha value is -2.59. The molecule has 2 aromatic carbocycles. The van der Waals surface area contributed by atoms with Crippen LogP contribution in [-0.4, -0.2) is 15.0 Å². The van der Waals surface area contributed by atoms with Crippen LogP contribution in [0.5, 0.6) is 0 Å². The van der Waals surface area contributed by atoms with Crippen molar-refractivity contribution in [2.24, 2.45) is 0 Å². The molecule has 0 aliphatic rings. The van der Waals surface area contributed by atoms with E-state index in [2.05, 4.69) is 70.4 Å². The number of nitrogens with zero attached hydrogens (tertiary/aromatic N) is 2. The van der Waals surface area contributed by atoms with Gasteiger partial charge in [0.1, 0.15) is 17.0 Å². The van der Waals surface area contributed by atoms with Crippen LogP contribution in [0.4, 0.5) is 0 Å². The predicted molar refractivity (Wildman–Crippen MR) is 100 cm³/mol. The number of nitrogens with one attached hydrogen (secondary N) is 1. The molecular weight excluding hydrogens is 314 g/mol. The molecule has 0 amide bonds. The van der Waals surface area contributed by atoms with Gasteiger partial charge in [-0.25, -0.2) is 9.97 Å². The van der Waals surface area contributed by atoms with E-state index in [1.165, 1.54) is 22.3 Å². The van der Waals surface area contributed by atoms with Gasteiger partial charge in [0.25, 0.3) is 0 Å². The fourth-order valence-corrected chi connectivity index (χ4v) is 3.59. The fraction of sp³-hybridized carbons (Fsp3) is 0.100. The topological polar surface area (TPSA) is 41.6 Å². The molecule has 118 valence electrons. The molecule has 0 fully saturated rings. The Morgan fingerprint density at radius 3 is 2.33 bits per heavy atom. The lowest BCUT2D eigenvalue weighted by Crippen LogP contribution is -1.87. The molecule has 4 heteroatoms. The van der Waals surface area contributed by atoms with E-state index in [9.17, 15) is 0 Å². The summed E-state index contributed by atoms with van der Waals surface area (Å²) in [4.78, 5) is 11.8. The number of hydrogen-bond donors (Lipinski definition) is 1. The minimum Gasteiger partial charge on any atom is -0.346 e. The van der Waals surface area contributed by atoms with Gasteiger partial charge in [0.2, 0.25) is 0 Å². The fourth-order valence-electron chi connectivity index (χ4n) is 2.65. The summed E-state index contributed by atoms with van der Waals surface area (Å²) in [6.45, 7) is 2.11. The maximum absolute atomic E-state index is 4.40. The van der Waals surface area contributed by atoms with Crippen LogP contribution in [0.25, 0.3) is 22.2 Å². The lowest BCUT2D eigenvalue weighted by molar-refractivity contribution is 1.09. The molecule has 0 aliphatic carbocycles. The van der Waals surface area contributed by atoms with Crippen molar-refractivity contribution in [3.05, 3.63) is 78.2 Å². The van der Waals surface area contributed by atoms with Gasteiger partial charge >= 0.3 is 0 Å². The molecule has 0 radical (unpaired) electrons. The Bertz CT molecular complexity index is 956. The summed E-state index contributed by atoms with van der Waals surface area (Å²) in [7, 11) is 0. The number of fused-ring (bicyclic) bond motifs is 1. The summed E-state index contributed by atoms with van der Waals surface area (Å²) in [6, 6.07) is 19.4. The molecule has 24 heavy (non-hydrogen) atoms. The van der Waals surface area contributed by atoms with Gasteiger partial charge in [0, 0.05) is 11.9 Å². The number of rotatable bonds is 4. The van der Waals surface area contributed by atoms with Crippen LogP contribution in [0.2, 0.25) is 0 Å². The Morgan fingerprint density at radius 2 is 1.58 bits per heavy atom. The predicted octanol–water partition coefficient (Wildman–Crippen LogP) is 5.23. The molecule has 2 heterocycles. The van der Waals surface area contributed by atoms with Crippen molar-refractivity contribution in [3.8, 4) is 11.1 Å². The van der Waals surface area contributed by atoms with Crippen LogP contribution in [0.15, 0.2) is 72.1 Å². The molecule has 4 aromatic rings. The zero-order valence-corrected chi connectivity index (χ0v) is 14.2. The number of benzene rings is 2. The summed E-state index contributed by atoms with van der Waals surface area (Å²) in [5.74, 6) is 0.894. The standard InChI is InChI=1S/C20H17N3S/c1-14-2-6-16(7-3-14)17-8-4-15(5-9-17)12-24-20-18-10-11-21-19(18)22-13-23-20/h2-11,13H,12H2,1H3,(H,21,22,23). The Labute approximate surface area is 145 Å². The normalized spacial score (nSPS) is 11.0. The van der Waals surface area contributed by atoms with E-state index >= 15 is 0 Å². The number of thioether (sulfide) groups is 1. The second-order valence-electron chi connectivity index (χ2n) is 5.77. The third-order valence-corrected chi connectivity index (χ3v) is 5.11. The zero-order chi connectivity index (χ0) is 16.4.